The predicted molar refractivity (Wildman–Crippen MR) is 96.5 cm³/mol. The van der Waals surface area contributed by atoms with Gasteiger partial charge in [0.2, 0.25) is 0 Å². The molecule has 0 aliphatic heterocycles. The maximum atomic E-state index is 12.5. The fourth-order valence-electron chi connectivity index (χ4n) is 2.65. The topological polar surface area (TPSA) is 63.5 Å². The summed E-state index contributed by atoms with van der Waals surface area (Å²) in [7, 11) is 1.54. The molecule has 0 spiro atoms. The van der Waals surface area contributed by atoms with E-state index in [4.69, 9.17) is 11.6 Å². The fourth-order valence-corrected chi connectivity index (χ4v) is 3.86. The molecule has 0 saturated heterocycles. The minimum absolute atomic E-state index is 0.246. The highest BCUT2D eigenvalue weighted by Crippen LogP contribution is 2.21. The summed E-state index contributed by atoms with van der Waals surface area (Å²) in [5.74, 6) is -0.288. The van der Waals surface area contributed by atoms with Gasteiger partial charge in [0, 0.05) is 29.4 Å². The van der Waals surface area contributed by atoms with Crippen LogP contribution in [0, 0.1) is 13.8 Å². The first-order chi connectivity index (χ1) is 11.4. The zero-order valence-corrected chi connectivity index (χ0v) is 15.1. The van der Waals surface area contributed by atoms with Crippen molar-refractivity contribution in [1.82, 2.24) is 14.7 Å². The Balaban J connectivity index is 2.09. The SMILES string of the molecule is CNC(=O)c1c(C)sc2nc(Cc3ccc(Cl)cc3C)cc(=O)n12. The molecule has 2 heterocycles. The lowest BCUT2D eigenvalue weighted by Gasteiger charge is -2.06. The summed E-state index contributed by atoms with van der Waals surface area (Å²) in [6.45, 7) is 3.79. The van der Waals surface area contributed by atoms with Crippen molar-refractivity contribution in [1.29, 1.82) is 0 Å². The Hall–Kier alpha value is -2.18. The van der Waals surface area contributed by atoms with Crippen LogP contribution in [0.5, 0.6) is 0 Å². The maximum Gasteiger partial charge on any atom is 0.269 e. The number of aromatic nitrogens is 2. The second kappa shape index (κ2) is 6.37. The molecule has 0 radical (unpaired) electrons. The van der Waals surface area contributed by atoms with Gasteiger partial charge in [-0.2, -0.15) is 0 Å². The van der Waals surface area contributed by atoms with Crippen LogP contribution >= 0.6 is 22.9 Å². The number of aryl methyl sites for hydroxylation is 2. The van der Waals surface area contributed by atoms with E-state index in [1.165, 1.54) is 21.8 Å². The van der Waals surface area contributed by atoms with E-state index < -0.39 is 0 Å². The summed E-state index contributed by atoms with van der Waals surface area (Å²) in [5, 5.41) is 3.25. The second-order valence-corrected chi connectivity index (χ2v) is 7.16. The van der Waals surface area contributed by atoms with Gasteiger partial charge in [-0.15, -0.1) is 11.3 Å². The Morgan fingerprint density at radius 2 is 2.08 bits per heavy atom. The molecule has 1 N–H and O–H groups in total. The lowest BCUT2D eigenvalue weighted by Crippen LogP contribution is -2.25. The molecule has 0 fully saturated rings. The summed E-state index contributed by atoms with van der Waals surface area (Å²) in [4.78, 5) is 30.4. The van der Waals surface area contributed by atoms with E-state index in [2.05, 4.69) is 10.3 Å². The van der Waals surface area contributed by atoms with Crippen LogP contribution in [0.3, 0.4) is 0 Å². The third kappa shape index (κ3) is 2.95. The Labute approximate surface area is 147 Å². The summed E-state index contributed by atoms with van der Waals surface area (Å²) < 4.78 is 1.37. The molecule has 2 aromatic heterocycles. The molecule has 1 amide bonds. The zero-order chi connectivity index (χ0) is 17.4. The largest absolute Gasteiger partial charge is 0.354 e. The number of amides is 1. The highest BCUT2D eigenvalue weighted by atomic mass is 35.5. The van der Waals surface area contributed by atoms with Crippen molar-refractivity contribution >= 4 is 33.8 Å². The average Bonchev–Trinajstić information content (AvgIpc) is 2.86. The summed E-state index contributed by atoms with van der Waals surface area (Å²) >= 11 is 7.32. The molecule has 124 valence electrons. The van der Waals surface area contributed by atoms with Crippen molar-refractivity contribution in [2.45, 2.75) is 20.3 Å². The number of nitrogens with one attached hydrogen (secondary N) is 1. The van der Waals surface area contributed by atoms with Crippen LogP contribution in [0.2, 0.25) is 5.02 Å². The molecule has 0 aliphatic carbocycles. The number of carbonyl (C=O) groups is 1. The monoisotopic (exact) mass is 361 g/mol. The molecule has 0 unspecified atom stereocenters. The Kier molecular flexibility index (Phi) is 4.43. The highest BCUT2D eigenvalue weighted by molar-refractivity contribution is 7.17. The van der Waals surface area contributed by atoms with Gasteiger partial charge in [0.05, 0.1) is 5.69 Å². The molecule has 3 aromatic rings. The van der Waals surface area contributed by atoms with Gasteiger partial charge in [-0.1, -0.05) is 17.7 Å². The minimum Gasteiger partial charge on any atom is -0.354 e. The first kappa shape index (κ1) is 16.7. The molecule has 5 nitrogen and oxygen atoms in total. The number of carbonyl (C=O) groups excluding carboxylic acids is 1. The van der Waals surface area contributed by atoms with E-state index in [1.54, 1.807) is 7.05 Å². The smallest absolute Gasteiger partial charge is 0.269 e. The van der Waals surface area contributed by atoms with Gasteiger partial charge in [0.15, 0.2) is 4.96 Å². The van der Waals surface area contributed by atoms with Crippen LogP contribution < -0.4 is 10.9 Å². The van der Waals surface area contributed by atoms with Gasteiger partial charge < -0.3 is 5.32 Å². The summed E-state index contributed by atoms with van der Waals surface area (Å²) in [6, 6.07) is 7.14. The van der Waals surface area contributed by atoms with Crippen LogP contribution in [-0.2, 0) is 6.42 Å². The molecule has 7 heteroatoms. The molecule has 1 aromatic carbocycles. The first-order valence-corrected chi connectivity index (χ1v) is 8.59. The molecule has 0 aliphatic rings. The molecule has 0 atom stereocenters. The molecule has 0 saturated carbocycles. The van der Waals surface area contributed by atoms with Gasteiger partial charge >= 0.3 is 0 Å². The number of nitrogens with zero attached hydrogens (tertiary/aromatic N) is 2. The minimum atomic E-state index is -0.288. The van der Waals surface area contributed by atoms with Crippen molar-refractivity contribution in [2.75, 3.05) is 7.05 Å². The van der Waals surface area contributed by atoms with Crippen LogP contribution in [0.1, 0.15) is 32.2 Å². The van der Waals surface area contributed by atoms with Crippen molar-refractivity contribution in [2.24, 2.45) is 0 Å². The Bertz CT molecular complexity index is 1010. The van der Waals surface area contributed by atoms with Gasteiger partial charge in [-0.3, -0.25) is 9.59 Å². The normalized spacial score (nSPS) is 11.0. The second-order valence-electron chi connectivity index (χ2n) is 5.54. The van der Waals surface area contributed by atoms with Gasteiger partial charge in [0.25, 0.3) is 11.5 Å². The van der Waals surface area contributed by atoms with Crippen LogP contribution in [-0.4, -0.2) is 22.3 Å². The maximum absolute atomic E-state index is 12.5. The summed E-state index contributed by atoms with van der Waals surface area (Å²) in [5.41, 5.74) is 2.90. The fraction of sp³-hybridized carbons (Fsp3) is 0.235. The van der Waals surface area contributed by atoms with Gasteiger partial charge in [-0.25, -0.2) is 9.38 Å². The Morgan fingerprint density at radius 1 is 1.33 bits per heavy atom. The molecule has 24 heavy (non-hydrogen) atoms. The van der Waals surface area contributed by atoms with Crippen LogP contribution in [0.15, 0.2) is 29.1 Å². The number of rotatable bonds is 3. The Morgan fingerprint density at radius 3 is 2.75 bits per heavy atom. The number of hydrogen-bond donors (Lipinski definition) is 1. The van der Waals surface area contributed by atoms with E-state index in [0.29, 0.717) is 27.8 Å². The number of halogens is 1. The van der Waals surface area contributed by atoms with Crippen LogP contribution in [0.25, 0.3) is 4.96 Å². The third-order valence-electron chi connectivity index (χ3n) is 3.86. The van der Waals surface area contributed by atoms with E-state index >= 15 is 0 Å². The molecule has 0 bridgehead atoms. The van der Waals surface area contributed by atoms with E-state index in [-0.39, 0.29) is 11.5 Å². The standard InChI is InChI=1S/C17H16ClN3O2S/c1-9-6-12(18)5-4-11(9)7-13-8-14(22)21-15(16(23)19-3)10(2)24-17(21)20-13/h4-6,8H,7H2,1-3H3,(H,19,23). The van der Waals surface area contributed by atoms with Crippen molar-refractivity contribution < 1.29 is 4.79 Å². The highest BCUT2D eigenvalue weighted by Gasteiger charge is 2.18. The first-order valence-electron chi connectivity index (χ1n) is 7.40. The quantitative estimate of drug-likeness (QED) is 0.780. The zero-order valence-electron chi connectivity index (χ0n) is 13.5. The number of fused-ring (bicyclic) bond motifs is 1. The van der Waals surface area contributed by atoms with Gasteiger partial charge in [-0.05, 0) is 37.1 Å². The van der Waals surface area contributed by atoms with Crippen molar-refractivity contribution in [3.05, 3.63) is 67.0 Å². The molecular formula is C17H16ClN3O2S. The van der Waals surface area contributed by atoms with Crippen molar-refractivity contribution in [3.8, 4) is 0 Å². The van der Waals surface area contributed by atoms with E-state index in [1.807, 2.05) is 32.0 Å². The molecule has 3 rings (SSSR count). The summed E-state index contributed by atoms with van der Waals surface area (Å²) in [6.07, 6.45) is 0.543. The number of benzene rings is 1. The molecular weight excluding hydrogens is 346 g/mol. The predicted octanol–water partition coefficient (Wildman–Crippen LogP) is 2.98. The third-order valence-corrected chi connectivity index (χ3v) is 5.05. The van der Waals surface area contributed by atoms with Gasteiger partial charge in [0.1, 0.15) is 5.69 Å². The van der Waals surface area contributed by atoms with E-state index in [0.717, 1.165) is 16.0 Å². The number of thiazole rings is 1. The lowest BCUT2D eigenvalue weighted by molar-refractivity contribution is 0.0956. The van der Waals surface area contributed by atoms with Crippen LogP contribution in [0.4, 0.5) is 0 Å². The van der Waals surface area contributed by atoms with Crippen molar-refractivity contribution in [3.63, 3.8) is 0 Å². The lowest BCUT2D eigenvalue weighted by atomic mass is 10.0. The average molecular weight is 362 g/mol. The van der Waals surface area contributed by atoms with E-state index in [9.17, 15) is 9.59 Å². The number of hydrogen-bond acceptors (Lipinski definition) is 4.